The summed E-state index contributed by atoms with van der Waals surface area (Å²) in [4.78, 5) is 36.2. The molecular formula is C20H25N3O7S2. The van der Waals surface area contributed by atoms with Gasteiger partial charge in [-0.1, -0.05) is 13.8 Å². The third-order valence-corrected chi connectivity index (χ3v) is 7.44. The number of nitrogens with two attached hydrogens (primary N) is 1. The van der Waals surface area contributed by atoms with E-state index in [0.29, 0.717) is 0 Å². The minimum absolute atomic E-state index is 0.0647. The van der Waals surface area contributed by atoms with E-state index in [4.69, 9.17) is 15.2 Å². The number of ether oxygens (including phenoxy) is 2. The molecule has 1 aromatic heterocycles. The second-order valence-electron chi connectivity index (χ2n) is 6.52. The zero-order chi connectivity index (χ0) is 24.1. The van der Waals surface area contributed by atoms with Gasteiger partial charge >= 0.3 is 5.97 Å². The molecule has 2 amide bonds. The van der Waals surface area contributed by atoms with Crippen molar-refractivity contribution in [3.05, 3.63) is 40.8 Å². The highest BCUT2D eigenvalue weighted by Gasteiger charge is 2.28. The maximum absolute atomic E-state index is 12.9. The Morgan fingerprint density at radius 1 is 1.19 bits per heavy atom. The molecule has 0 saturated heterocycles. The van der Waals surface area contributed by atoms with E-state index in [-0.39, 0.29) is 39.9 Å². The molecule has 10 nitrogen and oxygen atoms in total. The number of hydrogen-bond acceptors (Lipinski definition) is 8. The molecule has 12 heteroatoms. The van der Waals surface area contributed by atoms with E-state index in [1.807, 2.05) is 0 Å². The summed E-state index contributed by atoms with van der Waals surface area (Å²) in [5, 5.41) is 4.31. The lowest BCUT2D eigenvalue weighted by Gasteiger charge is -2.20. The highest BCUT2D eigenvalue weighted by atomic mass is 32.2. The average molecular weight is 484 g/mol. The summed E-state index contributed by atoms with van der Waals surface area (Å²) in [6.07, 6.45) is -1.23. The second-order valence-corrected chi connectivity index (χ2v) is 9.34. The Balaban J connectivity index is 2.23. The topological polar surface area (TPSA) is 145 Å². The number of anilines is 1. The fourth-order valence-corrected chi connectivity index (χ4v) is 5.24. The molecule has 1 aromatic carbocycles. The number of benzene rings is 1. The fraction of sp³-hybridized carbons (Fsp3) is 0.350. The molecule has 0 fully saturated rings. The first-order chi connectivity index (χ1) is 15.1. The van der Waals surface area contributed by atoms with Gasteiger partial charge in [-0.05, 0) is 36.6 Å². The Labute approximate surface area is 190 Å². The number of nitrogens with zero attached hydrogens (tertiary/aromatic N) is 1. The highest BCUT2D eigenvalue weighted by molar-refractivity contribution is 7.89. The van der Waals surface area contributed by atoms with Crippen molar-refractivity contribution in [1.82, 2.24) is 4.31 Å². The largest absolute Gasteiger partial charge is 0.495 e. The van der Waals surface area contributed by atoms with Gasteiger partial charge in [-0.25, -0.2) is 13.2 Å². The van der Waals surface area contributed by atoms with Crippen molar-refractivity contribution < 1.29 is 32.3 Å². The molecule has 2 aromatic rings. The van der Waals surface area contributed by atoms with Crippen LogP contribution in [0.15, 0.2) is 34.5 Å². The first-order valence-electron chi connectivity index (χ1n) is 9.64. The SMILES string of the molecule is CCN(CC)S(=O)(=O)c1cc(C(=O)O[C@H](C)C(=O)Nc2sccc2C(N)=O)ccc1OC. The Morgan fingerprint density at radius 2 is 1.84 bits per heavy atom. The number of thiophene rings is 1. The molecule has 0 saturated carbocycles. The summed E-state index contributed by atoms with van der Waals surface area (Å²) in [7, 11) is -2.59. The standard InChI is InChI=1S/C20H25N3O7S2/c1-5-23(6-2)32(27,28)16-11-13(7-8-15(16)29-4)20(26)30-12(3)18(25)22-19-14(17(21)24)9-10-31-19/h7-12H,5-6H2,1-4H3,(H2,21,24)(H,22,25)/t12-/m1/s1. The third-order valence-electron chi connectivity index (χ3n) is 4.54. The summed E-state index contributed by atoms with van der Waals surface area (Å²) >= 11 is 1.10. The predicted octanol–water partition coefficient (Wildman–Crippen LogP) is 2.07. The number of sulfonamides is 1. The molecule has 0 aliphatic rings. The van der Waals surface area contributed by atoms with Gasteiger partial charge in [-0.3, -0.25) is 9.59 Å². The van der Waals surface area contributed by atoms with Crippen LogP contribution in [0.25, 0.3) is 0 Å². The molecule has 0 aliphatic carbocycles. The van der Waals surface area contributed by atoms with Gasteiger partial charge in [0, 0.05) is 13.1 Å². The fourth-order valence-electron chi connectivity index (χ4n) is 2.80. The number of carbonyl (C=O) groups is 3. The van der Waals surface area contributed by atoms with Crippen LogP contribution < -0.4 is 15.8 Å². The number of primary amides is 1. The summed E-state index contributed by atoms with van der Waals surface area (Å²) in [5.74, 6) is -2.19. The summed E-state index contributed by atoms with van der Waals surface area (Å²) in [6.45, 7) is 5.22. The van der Waals surface area contributed by atoms with E-state index >= 15 is 0 Å². The van der Waals surface area contributed by atoms with Crippen LogP contribution in [0.1, 0.15) is 41.5 Å². The predicted molar refractivity (Wildman–Crippen MR) is 119 cm³/mol. The van der Waals surface area contributed by atoms with Gasteiger partial charge in [0.15, 0.2) is 6.10 Å². The van der Waals surface area contributed by atoms with Crippen molar-refractivity contribution in [2.45, 2.75) is 31.8 Å². The van der Waals surface area contributed by atoms with Gasteiger partial charge in [0.1, 0.15) is 15.6 Å². The lowest BCUT2D eigenvalue weighted by Crippen LogP contribution is -2.31. The first kappa shape index (κ1) is 25.3. The van der Waals surface area contributed by atoms with Crippen LogP contribution in [0.3, 0.4) is 0 Å². The van der Waals surface area contributed by atoms with E-state index in [2.05, 4.69) is 5.32 Å². The zero-order valence-electron chi connectivity index (χ0n) is 18.1. The number of nitrogens with one attached hydrogen (secondary N) is 1. The van der Waals surface area contributed by atoms with Gasteiger partial charge in [0.05, 0.1) is 18.2 Å². The van der Waals surface area contributed by atoms with Crippen LogP contribution in [-0.4, -0.2) is 56.8 Å². The molecule has 0 radical (unpaired) electrons. The highest BCUT2D eigenvalue weighted by Crippen LogP contribution is 2.28. The van der Waals surface area contributed by atoms with Crippen LogP contribution >= 0.6 is 11.3 Å². The van der Waals surface area contributed by atoms with Gasteiger partial charge in [-0.15, -0.1) is 11.3 Å². The maximum atomic E-state index is 12.9. The van der Waals surface area contributed by atoms with Crippen molar-refractivity contribution >= 4 is 44.1 Å². The summed E-state index contributed by atoms with van der Waals surface area (Å²) in [6, 6.07) is 5.32. The van der Waals surface area contributed by atoms with E-state index in [0.717, 1.165) is 17.4 Å². The van der Waals surface area contributed by atoms with Crippen molar-refractivity contribution in [1.29, 1.82) is 0 Å². The molecule has 174 valence electrons. The first-order valence-corrected chi connectivity index (χ1v) is 12.0. The third kappa shape index (κ3) is 5.44. The summed E-state index contributed by atoms with van der Waals surface area (Å²) < 4.78 is 37.4. The number of rotatable bonds is 10. The number of methoxy groups -OCH3 is 1. The number of carbonyl (C=O) groups excluding carboxylic acids is 3. The Bertz CT molecular complexity index is 1110. The lowest BCUT2D eigenvalue weighted by atomic mass is 10.2. The molecule has 0 aliphatic heterocycles. The van der Waals surface area contributed by atoms with Gasteiger partial charge in [0.2, 0.25) is 10.0 Å². The van der Waals surface area contributed by atoms with Crippen molar-refractivity contribution in [3.8, 4) is 5.75 Å². The molecule has 1 heterocycles. The quantitative estimate of drug-likeness (QED) is 0.492. The zero-order valence-corrected chi connectivity index (χ0v) is 19.7. The maximum Gasteiger partial charge on any atom is 0.338 e. The summed E-state index contributed by atoms with van der Waals surface area (Å²) in [5.41, 5.74) is 5.33. The van der Waals surface area contributed by atoms with Crippen LogP contribution in [0.4, 0.5) is 5.00 Å². The second kappa shape index (κ2) is 10.6. The van der Waals surface area contributed by atoms with Gasteiger partial charge < -0.3 is 20.5 Å². The molecule has 0 unspecified atom stereocenters. The molecule has 3 N–H and O–H groups in total. The van der Waals surface area contributed by atoms with Crippen LogP contribution in [-0.2, 0) is 19.6 Å². The Kier molecular flexibility index (Phi) is 8.36. The number of hydrogen-bond donors (Lipinski definition) is 2. The van der Waals surface area contributed by atoms with Crippen molar-refractivity contribution in [2.75, 3.05) is 25.5 Å². The van der Waals surface area contributed by atoms with Gasteiger partial charge in [-0.2, -0.15) is 4.31 Å². The van der Waals surface area contributed by atoms with Crippen LogP contribution in [0.5, 0.6) is 5.75 Å². The Morgan fingerprint density at radius 3 is 2.41 bits per heavy atom. The smallest absolute Gasteiger partial charge is 0.338 e. The number of amides is 2. The molecule has 32 heavy (non-hydrogen) atoms. The van der Waals surface area contributed by atoms with E-state index in [1.165, 1.54) is 36.5 Å². The monoisotopic (exact) mass is 483 g/mol. The van der Waals surface area contributed by atoms with Crippen molar-refractivity contribution in [3.63, 3.8) is 0 Å². The van der Waals surface area contributed by atoms with E-state index in [9.17, 15) is 22.8 Å². The molecule has 1 atom stereocenters. The van der Waals surface area contributed by atoms with Crippen LogP contribution in [0, 0.1) is 0 Å². The van der Waals surface area contributed by atoms with Crippen LogP contribution in [0.2, 0.25) is 0 Å². The molecule has 0 spiro atoms. The minimum Gasteiger partial charge on any atom is -0.495 e. The average Bonchev–Trinajstić information content (AvgIpc) is 3.22. The molecular weight excluding hydrogens is 458 g/mol. The number of esters is 1. The van der Waals surface area contributed by atoms with E-state index < -0.39 is 33.9 Å². The normalized spacial score (nSPS) is 12.3. The van der Waals surface area contributed by atoms with Crippen molar-refractivity contribution in [2.24, 2.45) is 5.73 Å². The molecule has 0 bridgehead atoms. The lowest BCUT2D eigenvalue weighted by molar-refractivity contribution is -0.123. The Hall–Kier alpha value is -2.96. The molecule has 2 rings (SSSR count). The van der Waals surface area contributed by atoms with Gasteiger partial charge in [0.25, 0.3) is 11.8 Å². The van der Waals surface area contributed by atoms with E-state index in [1.54, 1.807) is 19.2 Å². The minimum atomic E-state index is -3.91.